The third kappa shape index (κ3) is 5.15. The molecule has 12 nitrogen and oxygen atoms in total. The zero-order chi connectivity index (χ0) is 29.2. The van der Waals surface area contributed by atoms with E-state index in [-0.39, 0.29) is 18.4 Å². The lowest BCUT2D eigenvalue weighted by Gasteiger charge is -2.40. The van der Waals surface area contributed by atoms with Crippen molar-refractivity contribution in [3.63, 3.8) is 0 Å². The number of ether oxygens (including phenoxy) is 1. The summed E-state index contributed by atoms with van der Waals surface area (Å²) in [6.45, 7) is 7.13. The number of pyridine rings is 1. The first-order chi connectivity index (χ1) is 20.4. The molecule has 1 fully saturated rings. The van der Waals surface area contributed by atoms with E-state index in [0.29, 0.717) is 42.2 Å². The molecule has 12 heteroatoms. The van der Waals surface area contributed by atoms with E-state index in [4.69, 9.17) is 9.72 Å². The van der Waals surface area contributed by atoms with Gasteiger partial charge in [0.05, 0.1) is 29.6 Å². The highest BCUT2D eigenvalue weighted by molar-refractivity contribution is 5.89. The van der Waals surface area contributed by atoms with Gasteiger partial charge in [0.15, 0.2) is 5.82 Å². The number of aryl methyl sites for hydroxylation is 2. The number of amides is 1. The highest BCUT2D eigenvalue weighted by atomic mass is 16.5. The van der Waals surface area contributed by atoms with Gasteiger partial charge in [0, 0.05) is 38.4 Å². The van der Waals surface area contributed by atoms with Crippen LogP contribution in [-0.2, 0) is 11.8 Å². The zero-order valence-corrected chi connectivity index (χ0v) is 23.2. The van der Waals surface area contributed by atoms with Crippen LogP contribution in [0.4, 0.5) is 17.3 Å². The molecule has 0 radical (unpaired) electrons. The van der Waals surface area contributed by atoms with E-state index in [1.807, 2.05) is 62.5 Å². The molecule has 0 bridgehead atoms. The molecule has 1 aliphatic rings. The maximum Gasteiger partial charge on any atom is 0.246 e. The van der Waals surface area contributed by atoms with Gasteiger partial charge in [0.1, 0.15) is 34.7 Å². The number of fused-ring (bicyclic) bond motifs is 2. The summed E-state index contributed by atoms with van der Waals surface area (Å²) in [7, 11) is 1.85. The predicted molar refractivity (Wildman–Crippen MR) is 159 cm³/mol. The molecule has 42 heavy (non-hydrogen) atoms. The minimum Gasteiger partial charge on any atom is -0.457 e. The van der Waals surface area contributed by atoms with Crippen LogP contribution >= 0.6 is 0 Å². The van der Waals surface area contributed by atoms with Crippen LogP contribution < -0.4 is 15.0 Å². The summed E-state index contributed by atoms with van der Waals surface area (Å²) in [5.41, 5.74) is 4.76. The van der Waals surface area contributed by atoms with Crippen LogP contribution in [0.1, 0.15) is 12.0 Å². The van der Waals surface area contributed by atoms with Crippen LogP contribution in [0.25, 0.3) is 22.1 Å². The Bertz CT molecular complexity index is 1860. The highest BCUT2D eigenvalue weighted by Crippen LogP contribution is 2.31. The number of nitriles is 1. The second-order valence-electron chi connectivity index (χ2n) is 10.0. The number of carbonyl (C=O) groups is 1. The number of nitrogens with zero attached hydrogens (tertiary/aromatic N) is 9. The largest absolute Gasteiger partial charge is 0.457 e. The Hall–Kier alpha value is -5.57. The first-order valence-corrected chi connectivity index (χ1v) is 13.4. The molecule has 6 rings (SSSR count). The molecular formula is C30H28N10O2. The minimum atomic E-state index is -0.248. The number of anilines is 3. The van der Waals surface area contributed by atoms with Gasteiger partial charge in [-0.1, -0.05) is 11.8 Å². The fraction of sp³-hybridized carbons (Fsp3) is 0.233. The van der Waals surface area contributed by atoms with Gasteiger partial charge in [0.2, 0.25) is 5.91 Å². The summed E-state index contributed by atoms with van der Waals surface area (Å²) in [6, 6.07) is 17.3. The van der Waals surface area contributed by atoms with E-state index >= 15 is 0 Å². The maximum absolute atomic E-state index is 12.3. The summed E-state index contributed by atoms with van der Waals surface area (Å²) in [5, 5.41) is 20.9. The molecule has 1 N–H and O–H groups in total. The molecule has 1 amide bonds. The smallest absolute Gasteiger partial charge is 0.246 e. The van der Waals surface area contributed by atoms with E-state index in [9.17, 15) is 10.1 Å². The number of hydrogen-bond donors (Lipinski definition) is 1. The fourth-order valence-electron chi connectivity index (χ4n) is 5.14. The topological polar surface area (TPSA) is 138 Å². The van der Waals surface area contributed by atoms with Crippen LogP contribution in [-0.4, -0.2) is 66.4 Å². The summed E-state index contributed by atoms with van der Waals surface area (Å²) < 4.78 is 7.86. The van der Waals surface area contributed by atoms with Crippen LogP contribution in [0, 0.1) is 18.3 Å². The van der Waals surface area contributed by atoms with Gasteiger partial charge in [-0.2, -0.15) is 5.26 Å². The van der Waals surface area contributed by atoms with Crippen molar-refractivity contribution in [2.75, 3.05) is 29.9 Å². The predicted octanol–water partition coefficient (Wildman–Crippen LogP) is 4.27. The number of benzene rings is 2. The maximum atomic E-state index is 12.3. The first kappa shape index (κ1) is 26.6. The van der Waals surface area contributed by atoms with Gasteiger partial charge in [-0.05, 0) is 61.0 Å². The van der Waals surface area contributed by atoms with E-state index in [0.717, 1.165) is 33.9 Å². The van der Waals surface area contributed by atoms with Crippen molar-refractivity contribution in [3.05, 3.63) is 73.1 Å². The fourth-order valence-corrected chi connectivity index (χ4v) is 5.14. The minimum absolute atomic E-state index is 0.167. The van der Waals surface area contributed by atoms with Gasteiger partial charge >= 0.3 is 0 Å². The van der Waals surface area contributed by atoms with Gasteiger partial charge < -0.3 is 19.9 Å². The van der Waals surface area contributed by atoms with Crippen molar-refractivity contribution >= 4 is 45.3 Å². The molecule has 1 aliphatic heterocycles. The molecule has 5 aromatic rings. The monoisotopic (exact) mass is 560 g/mol. The normalized spacial score (nSPS) is 15.0. The summed E-state index contributed by atoms with van der Waals surface area (Å²) >= 11 is 0. The number of nitrogens with one attached hydrogen (secondary N) is 1. The standard InChI is InChI=1S/C30H28N10O2/c1-4-28(41)40-14-13-39(17-21(40)11-12-31)27-10-7-23-29(35-27)30(33-18-32-23)34-20-5-9-26(19(2)15-20)42-22-6-8-25-24(16-22)36-37-38(25)3/h4-10,15-16,18,21H,1,11,13-14,17H2,2-3H3,(H,32,33,34)/t21-/m0/s1. The Balaban J connectivity index is 1.22. The Kier molecular flexibility index (Phi) is 7.06. The van der Waals surface area contributed by atoms with Gasteiger partial charge in [-0.3, -0.25) is 4.79 Å². The second kappa shape index (κ2) is 11.1. The van der Waals surface area contributed by atoms with E-state index in [1.54, 1.807) is 9.58 Å². The Morgan fingerprint density at radius 2 is 2.05 bits per heavy atom. The first-order valence-electron chi connectivity index (χ1n) is 13.4. The molecule has 0 aliphatic carbocycles. The molecule has 3 aromatic heterocycles. The quantitative estimate of drug-likeness (QED) is 0.287. The average molecular weight is 561 g/mol. The molecule has 1 saturated heterocycles. The lowest BCUT2D eigenvalue weighted by atomic mass is 10.1. The third-order valence-electron chi connectivity index (χ3n) is 7.31. The molecule has 0 spiro atoms. The van der Waals surface area contributed by atoms with Crippen molar-refractivity contribution in [2.24, 2.45) is 7.05 Å². The van der Waals surface area contributed by atoms with Crippen LogP contribution in [0.15, 0.2) is 67.5 Å². The Labute approximate surface area is 241 Å². The average Bonchev–Trinajstić information content (AvgIpc) is 3.38. The molecule has 210 valence electrons. The molecule has 0 unspecified atom stereocenters. The van der Waals surface area contributed by atoms with Gasteiger partial charge in [-0.25, -0.2) is 19.6 Å². The van der Waals surface area contributed by atoms with Crippen molar-refractivity contribution in [2.45, 2.75) is 19.4 Å². The van der Waals surface area contributed by atoms with Crippen molar-refractivity contribution < 1.29 is 9.53 Å². The van der Waals surface area contributed by atoms with Crippen molar-refractivity contribution in [1.82, 2.24) is 34.8 Å². The third-order valence-corrected chi connectivity index (χ3v) is 7.31. The van der Waals surface area contributed by atoms with Crippen molar-refractivity contribution in [1.29, 1.82) is 5.26 Å². The van der Waals surface area contributed by atoms with Crippen molar-refractivity contribution in [3.8, 4) is 17.6 Å². The van der Waals surface area contributed by atoms with Gasteiger partial charge in [0.25, 0.3) is 0 Å². The lowest BCUT2D eigenvalue weighted by Crippen LogP contribution is -2.55. The second-order valence-corrected chi connectivity index (χ2v) is 10.0. The van der Waals surface area contributed by atoms with Crippen LogP contribution in [0.2, 0.25) is 0 Å². The number of piperazine rings is 1. The molecular weight excluding hydrogens is 532 g/mol. The number of rotatable bonds is 7. The van der Waals surface area contributed by atoms with E-state index in [1.165, 1.54) is 12.4 Å². The SMILES string of the molecule is C=CC(=O)N1CCN(c2ccc3ncnc(Nc4ccc(Oc5ccc6c(c5)nnn6C)c(C)c4)c3n2)C[C@@H]1CC#N. The zero-order valence-electron chi connectivity index (χ0n) is 23.2. The summed E-state index contributed by atoms with van der Waals surface area (Å²) in [5.74, 6) is 2.53. The Morgan fingerprint density at radius 1 is 1.17 bits per heavy atom. The highest BCUT2D eigenvalue weighted by Gasteiger charge is 2.30. The summed E-state index contributed by atoms with van der Waals surface area (Å²) in [4.78, 5) is 29.8. The molecule has 4 heterocycles. The Morgan fingerprint density at radius 3 is 2.86 bits per heavy atom. The lowest BCUT2D eigenvalue weighted by molar-refractivity contribution is -0.128. The summed E-state index contributed by atoms with van der Waals surface area (Å²) in [6.07, 6.45) is 3.03. The molecule has 2 aromatic carbocycles. The van der Waals surface area contributed by atoms with E-state index in [2.05, 4.69) is 43.1 Å². The van der Waals surface area contributed by atoms with E-state index < -0.39 is 0 Å². The molecule has 1 atom stereocenters. The van der Waals surface area contributed by atoms with Crippen LogP contribution in [0.5, 0.6) is 11.5 Å². The number of aromatic nitrogens is 6. The van der Waals surface area contributed by atoms with Crippen LogP contribution in [0.3, 0.4) is 0 Å². The number of hydrogen-bond acceptors (Lipinski definition) is 10. The molecule has 0 saturated carbocycles. The number of carbonyl (C=O) groups excluding carboxylic acids is 1. The van der Waals surface area contributed by atoms with Gasteiger partial charge in [-0.15, -0.1) is 5.10 Å².